The van der Waals surface area contributed by atoms with Crippen LogP contribution in [0.3, 0.4) is 0 Å². The molecule has 0 bridgehead atoms. The Balaban J connectivity index is 2.06. The van der Waals surface area contributed by atoms with Crippen molar-refractivity contribution in [1.82, 2.24) is 0 Å². The van der Waals surface area contributed by atoms with Crippen LogP contribution in [0.1, 0.15) is 51.4 Å². The normalized spacial score (nSPS) is 17.9. The van der Waals surface area contributed by atoms with Gasteiger partial charge in [-0.25, -0.2) is 0 Å². The lowest BCUT2D eigenvalue weighted by Gasteiger charge is -2.15. The number of aliphatic hydroxyl groups is 1. The zero-order chi connectivity index (χ0) is 9.36. The fourth-order valence-corrected chi connectivity index (χ4v) is 1.79. The molecular formula is C12H20O. The van der Waals surface area contributed by atoms with Crippen LogP contribution in [0.2, 0.25) is 0 Å². The van der Waals surface area contributed by atoms with Gasteiger partial charge in [-0.3, -0.25) is 0 Å². The van der Waals surface area contributed by atoms with Crippen molar-refractivity contribution in [2.75, 3.05) is 6.61 Å². The molecule has 1 nitrogen and oxygen atoms in total. The maximum atomic E-state index is 8.57. The van der Waals surface area contributed by atoms with Crippen molar-refractivity contribution in [2.45, 2.75) is 51.4 Å². The summed E-state index contributed by atoms with van der Waals surface area (Å²) in [6.45, 7) is 0.311. The van der Waals surface area contributed by atoms with Crippen molar-refractivity contribution in [2.24, 2.45) is 5.92 Å². The molecule has 0 unspecified atom stereocenters. The summed E-state index contributed by atoms with van der Waals surface area (Å²) in [4.78, 5) is 0. The average molecular weight is 180 g/mol. The highest BCUT2D eigenvalue weighted by Gasteiger charge is 2.09. The van der Waals surface area contributed by atoms with E-state index in [9.17, 15) is 0 Å². The lowest BCUT2D eigenvalue weighted by atomic mass is 9.90. The van der Waals surface area contributed by atoms with Gasteiger partial charge in [-0.2, -0.15) is 0 Å². The van der Waals surface area contributed by atoms with Gasteiger partial charge in [-0.05, 0) is 25.7 Å². The van der Waals surface area contributed by atoms with Crippen LogP contribution in [0.5, 0.6) is 0 Å². The van der Waals surface area contributed by atoms with Crippen molar-refractivity contribution < 1.29 is 5.11 Å². The summed E-state index contributed by atoms with van der Waals surface area (Å²) in [7, 11) is 0. The molecule has 1 fully saturated rings. The first-order chi connectivity index (χ1) is 6.43. The molecular weight excluding hydrogens is 160 g/mol. The van der Waals surface area contributed by atoms with Gasteiger partial charge in [-0.15, -0.1) is 5.92 Å². The third-order valence-corrected chi connectivity index (χ3v) is 2.62. The third-order valence-electron chi connectivity index (χ3n) is 2.62. The molecule has 1 heteroatoms. The first-order valence-corrected chi connectivity index (χ1v) is 5.52. The minimum atomic E-state index is 0.311. The van der Waals surface area contributed by atoms with Crippen LogP contribution in [0.4, 0.5) is 0 Å². The highest BCUT2D eigenvalue weighted by atomic mass is 16.2. The van der Waals surface area contributed by atoms with Crippen molar-refractivity contribution in [1.29, 1.82) is 0 Å². The van der Waals surface area contributed by atoms with Crippen molar-refractivity contribution in [3.63, 3.8) is 0 Å². The van der Waals surface area contributed by atoms with Gasteiger partial charge in [0.15, 0.2) is 0 Å². The van der Waals surface area contributed by atoms with Gasteiger partial charge in [-0.1, -0.05) is 25.2 Å². The summed E-state index contributed by atoms with van der Waals surface area (Å²) in [5.41, 5.74) is 0. The Morgan fingerprint density at radius 3 is 2.54 bits per heavy atom. The number of hydrogen-bond acceptors (Lipinski definition) is 1. The maximum absolute atomic E-state index is 8.57. The van der Waals surface area contributed by atoms with E-state index in [2.05, 4.69) is 11.8 Å². The zero-order valence-electron chi connectivity index (χ0n) is 8.39. The van der Waals surface area contributed by atoms with Gasteiger partial charge in [0.05, 0.1) is 0 Å². The first-order valence-electron chi connectivity index (χ1n) is 5.52. The van der Waals surface area contributed by atoms with Crippen LogP contribution in [0, 0.1) is 17.8 Å². The van der Waals surface area contributed by atoms with Gasteiger partial charge in [0, 0.05) is 18.9 Å². The Hall–Kier alpha value is -0.480. The SMILES string of the molecule is OCCCCC#CC1CCCCC1. The van der Waals surface area contributed by atoms with Crippen molar-refractivity contribution in [3.8, 4) is 11.8 Å². The highest BCUT2D eigenvalue weighted by Crippen LogP contribution is 2.22. The second-order valence-electron chi connectivity index (χ2n) is 3.84. The Morgan fingerprint density at radius 1 is 1.08 bits per heavy atom. The summed E-state index contributed by atoms with van der Waals surface area (Å²) in [6, 6.07) is 0. The molecule has 0 spiro atoms. The molecule has 0 heterocycles. The van der Waals surface area contributed by atoms with E-state index in [4.69, 9.17) is 5.11 Å². The summed E-state index contributed by atoms with van der Waals surface area (Å²) in [5.74, 6) is 7.26. The van der Waals surface area contributed by atoms with E-state index in [1.807, 2.05) is 0 Å². The lowest BCUT2D eigenvalue weighted by Crippen LogP contribution is -2.02. The smallest absolute Gasteiger partial charge is 0.0431 e. The molecule has 0 radical (unpaired) electrons. The van der Waals surface area contributed by atoms with E-state index in [-0.39, 0.29) is 0 Å². The molecule has 13 heavy (non-hydrogen) atoms. The van der Waals surface area contributed by atoms with Gasteiger partial charge in [0.1, 0.15) is 0 Å². The Morgan fingerprint density at radius 2 is 1.85 bits per heavy atom. The first kappa shape index (κ1) is 10.6. The summed E-state index contributed by atoms with van der Waals surface area (Å²) in [6.07, 6.45) is 9.70. The monoisotopic (exact) mass is 180 g/mol. The summed E-state index contributed by atoms with van der Waals surface area (Å²) in [5, 5.41) is 8.57. The van der Waals surface area contributed by atoms with Crippen LogP contribution < -0.4 is 0 Å². The number of unbranched alkanes of at least 4 members (excludes halogenated alkanes) is 2. The maximum Gasteiger partial charge on any atom is 0.0431 e. The average Bonchev–Trinajstić information content (AvgIpc) is 2.19. The minimum absolute atomic E-state index is 0.311. The topological polar surface area (TPSA) is 20.2 Å². The molecule has 0 amide bonds. The second kappa shape index (κ2) is 6.97. The second-order valence-corrected chi connectivity index (χ2v) is 3.84. The molecule has 1 aliphatic rings. The molecule has 0 saturated heterocycles. The number of rotatable bonds is 3. The van der Waals surface area contributed by atoms with Crippen molar-refractivity contribution in [3.05, 3.63) is 0 Å². The van der Waals surface area contributed by atoms with Gasteiger partial charge in [0.2, 0.25) is 0 Å². The fraction of sp³-hybridized carbons (Fsp3) is 0.833. The molecule has 1 N–H and O–H groups in total. The third kappa shape index (κ3) is 4.95. The molecule has 74 valence electrons. The number of aliphatic hydroxyl groups excluding tert-OH is 1. The molecule has 0 aliphatic heterocycles. The Labute approximate surface area is 81.5 Å². The van der Waals surface area contributed by atoms with Crippen LogP contribution in [-0.4, -0.2) is 11.7 Å². The molecule has 0 atom stereocenters. The highest BCUT2D eigenvalue weighted by molar-refractivity contribution is 5.04. The Kier molecular flexibility index (Phi) is 5.69. The quantitative estimate of drug-likeness (QED) is 0.523. The fourth-order valence-electron chi connectivity index (χ4n) is 1.79. The van der Waals surface area contributed by atoms with E-state index in [0.717, 1.165) is 19.3 Å². The van der Waals surface area contributed by atoms with Crippen LogP contribution in [-0.2, 0) is 0 Å². The molecule has 0 aromatic heterocycles. The van der Waals surface area contributed by atoms with E-state index >= 15 is 0 Å². The predicted molar refractivity (Wildman–Crippen MR) is 55.3 cm³/mol. The van der Waals surface area contributed by atoms with Crippen molar-refractivity contribution >= 4 is 0 Å². The number of hydrogen-bond donors (Lipinski definition) is 1. The minimum Gasteiger partial charge on any atom is -0.396 e. The van der Waals surface area contributed by atoms with Gasteiger partial charge < -0.3 is 5.11 Å². The molecule has 1 aliphatic carbocycles. The molecule has 1 rings (SSSR count). The Bertz CT molecular complexity index is 169. The summed E-state index contributed by atoms with van der Waals surface area (Å²) >= 11 is 0. The van der Waals surface area contributed by atoms with Crippen LogP contribution in [0.25, 0.3) is 0 Å². The van der Waals surface area contributed by atoms with E-state index in [1.54, 1.807) is 0 Å². The van der Waals surface area contributed by atoms with Crippen LogP contribution in [0.15, 0.2) is 0 Å². The molecule has 1 saturated carbocycles. The van der Waals surface area contributed by atoms with E-state index in [1.165, 1.54) is 32.1 Å². The molecule has 0 aromatic rings. The lowest BCUT2D eigenvalue weighted by molar-refractivity contribution is 0.285. The summed E-state index contributed by atoms with van der Waals surface area (Å²) < 4.78 is 0. The van der Waals surface area contributed by atoms with Gasteiger partial charge in [0.25, 0.3) is 0 Å². The zero-order valence-corrected chi connectivity index (χ0v) is 8.39. The standard InChI is InChI=1S/C12H20O/c13-11-7-2-1-4-8-12-9-5-3-6-10-12/h12-13H,1-3,5-7,9-11H2. The van der Waals surface area contributed by atoms with Gasteiger partial charge >= 0.3 is 0 Å². The molecule has 0 aromatic carbocycles. The van der Waals surface area contributed by atoms with E-state index in [0.29, 0.717) is 12.5 Å². The predicted octanol–water partition coefficient (Wildman–Crippen LogP) is 2.73. The van der Waals surface area contributed by atoms with E-state index < -0.39 is 0 Å². The van der Waals surface area contributed by atoms with Crippen LogP contribution >= 0.6 is 0 Å². The largest absolute Gasteiger partial charge is 0.396 e.